The molecule has 0 amide bonds. The van der Waals surface area contributed by atoms with Crippen molar-refractivity contribution in [3.63, 3.8) is 0 Å². The predicted molar refractivity (Wildman–Crippen MR) is 73.8 cm³/mol. The molecule has 0 bridgehead atoms. The van der Waals surface area contributed by atoms with Crippen molar-refractivity contribution in [3.8, 4) is 0 Å². The van der Waals surface area contributed by atoms with Crippen molar-refractivity contribution < 1.29 is 14.4 Å². The highest BCUT2D eigenvalue weighted by atomic mass is 16.4. The maximum Gasteiger partial charge on any atom is 0.324 e. The van der Waals surface area contributed by atoms with Gasteiger partial charge in [-0.15, -0.1) is 0 Å². The lowest BCUT2D eigenvalue weighted by Gasteiger charge is -2.61. The van der Waals surface area contributed by atoms with E-state index in [0.717, 1.165) is 43.4 Å². The van der Waals surface area contributed by atoms with Gasteiger partial charge >= 0.3 is 5.97 Å². The largest absolute Gasteiger partial charge is 0.480 e. The zero-order valence-corrected chi connectivity index (χ0v) is 12.5. The first-order chi connectivity index (χ1) is 8.82. The third kappa shape index (κ3) is 1.62. The molecule has 1 spiro atoms. The predicted octanol–water partition coefficient (Wildman–Crippen LogP) is 1.41. The molecule has 0 aromatic carbocycles. The Morgan fingerprint density at radius 2 is 1.95 bits per heavy atom. The Morgan fingerprint density at radius 3 is 2.37 bits per heavy atom. The molecule has 1 aliphatic carbocycles. The molecule has 2 unspecified atom stereocenters. The van der Waals surface area contributed by atoms with E-state index in [1.165, 1.54) is 12.8 Å². The first-order valence-electron chi connectivity index (χ1n) is 7.61. The maximum absolute atomic E-state index is 11.9. The fraction of sp³-hybridized carbons (Fsp3) is 0.933. The van der Waals surface area contributed by atoms with Gasteiger partial charge in [-0.05, 0) is 44.6 Å². The minimum atomic E-state index is -0.550. The van der Waals surface area contributed by atoms with Gasteiger partial charge in [0.05, 0.1) is 27.7 Å². The molecule has 3 rings (SSSR count). The van der Waals surface area contributed by atoms with E-state index < -0.39 is 11.5 Å². The number of aliphatic carboxylic acids is 1. The Balaban J connectivity index is 1.78. The summed E-state index contributed by atoms with van der Waals surface area (Å²) in [6, 6.07) is 0. The number of quaternary nitrogens is 1. The second-order valence-electron chi connectivity index (χ2n) is 7.85. The average molecular weight is 267 g/mol. The van der Waals surface area contributed by atoms with Crippen molar-refractivity contribution in [1.82, 2.24) is 4.90 Å². The van der Waals surface area contributed by atoms with Gasteiger partial charge in [-0.2, -0.15) is 0 Å². The average Bonchev–Trinajstić information content (AvgIpc) is 2.46. The van der Waals surface area contributed by atoms with Crippen molar-refractivity contribution in [1.29, 1.82) is 0 Å². The van der Waals surface area contributed by atoms with Gasteiger partial charge < -0.3 is 9.59 Å². The summed E-state index contributed by atoms with van der Waals surface area (Å²) >= 11 is 0. The van der Waals surface area contributed by atoms with Crippen LogP contribution in [-0.4, -0.2) is 66.8 Å². The van der Waals surface area contributed by atoms with Gasteiger partial charge in [0.15, 0.2) is 0 Å². The van der Waals surface area contributed by atoms with E-state index in [1.54, 1.807) is 0 Å². The molecule has 3 fully saturated rings. The van der Waals surface area contributed by atoms with Crippen molar-refractivity contribution in [2.75, 3.05) is 40.8 Å². The maximum atomic E-state index is 11.9. The molecular formula is C15H27N2O2+. The van der Waals surface area contributed by atoms with Crippen LogP contribution in [0.15, 0.2) is 0 Å². The van der Waals surface area contributed by atoms with Crippen LogP contribution in [0.5, 0.6) is 0 Å². The Morgan fingerprint density at radius 1 is 1.26 bits per heavy atom. The van der Waals surface area contributed by atoms with E-state index in [4.69, 9.17) is 0 Å². The molecule has 2 aliphatic heterocycles. The van der Waals surface area contributed by atoms with E-state index in [2.05, 4.69) is 26.0 Å². The lowest BCUT2D eigenvalue weighted by Crippen LogP contribution is -2.71. The van der Waals surface area contributed by atoms with Gasteiger partial charge in [-0.1, -0.05) is 0 Å². The summed E-state index contributed by atoms with van der Waals surface area (Å²) in [5, 5.41) is 9.80. The highest BCUT2D eigenvalue weighted by Gasteiger charge is 2.72. The summed E-state index contributed by atoms with van der Waals surface area (Å²) in [5.41, 5.74) is -0.382. The number of fused-ring (bicyclic) bond motifs is 2. The normalized spacial score (nSPS) is 41.7. The van der Waals surface area contributed by atoms with E-state index in [-0.39, 0.29) is 5.41 Å². The quantitative estimate of drug-likeness (QED) is 0.783. The van der Waals surface area contributed by atoms with Crippen molar-refractivity contribution in [3.05, 3.63) is 0 Å². The second kappa shape index (κ2) is 3.95. The smallest absolute Gasteiger partial charge is 0.324 e. The Bertz CT molecular complexity index is 403. The Labute approximate surface area is 116 Å². The topological polar surface area (TPSA) is 40.5 Å². The van der Waals surface area contributed by atoms with Gasteiger partial charge in [0, 0.05) is 12.0 Å². The van der Waals surface area contributed by atoms with Gasteiger partial charge in [0.1, 0.15) is 5.54 Å². The van der Waals surface area contributed by atoms with Gasteiger partial charge in [-0.25, -0.2) is 0 Å². The van der Waals surface area contributed by atoms with Crippen LogP contribution in [0, 0.1) is 11.3 Å². The number of carboxylic acid groups (broad SMARTS) is 1. The van der Waals surface area contributed by atoms with Crippen molar-refractivity contribution in [2.24, 2.45) is 11.3 Å². The fourth-order valence-electron chi connectivity index (χ4n) is 4.89. The Kier molecular flexibility index (Phi) is 2.78. The molecule has 0 aromatic heterocycles. The van der Waals surface area contributed by atoms with Crippen molar-refractivity contribution in [2.45, 2.75) is 37.6 Å². The van der Waals surface area contributed by atoms with Crippen molar-refractivity contribution >= 4 is 5.97 Å². The van der Waals surface area contributed by atoms with Gasteiger partial charge in [0.25, 0.3) is 0 Å². The molecule has 19 heavy (non-hydrogen) atoms. The molecule has 1 N–H and O–H groups in total. The molecule has 0 radical (unpaired) electrons. The molecular weight excluding hydrogens is 240 g/mol. The standard InChI is InChI=1S/C15H26N2O2/c1-17(2,3)11-5-12-4-6-14(12)7-9-16-10-8-15(14,16)13(18)19/h12H,4-11H2,1-3H3/p+1/t12?,14?,15-/m1/s1. The monoisotopic (exact) mass is 267 g/mol. The van der Waals surface area contributed by atoms with Crippen LogP contribution in [0.1, 0.15) is 32.1 Å². The lowest BCUT2D eigenvalue weighted by atomic mass is 9.48. The number of nitrogens with zero attached hydrogens (tertiary/aromatic N) is 2. The van der Waals surface area contributed by atoms with Crippen LogP contribution >= 0.6 is 0 Å². The number of carboxylic acids is 1. The third-order valence-corrected chi connectivity index (χ3v) is 6.16. The molecule has 2 saturated heterocycles. The minimum Gasteiger partial charge on any atom is -0.480 e. The first-order valence-corrected chi connectivity index (χ1v) is 7.61. The number of hydrogen-bond donors (Lipinski definition) is 1. The van der Waals surface area contributed by atoms with E-state index >= 15 is 0 Å². The lowest BCUT2D eigenvalue weighted by molar-refractivity contribution is -0.871. The summed E-state index contributed by atoms with van der Waals surface area (Å²) < 4.78 is 0.983. The number of carbonyl (C=O) groups is 1. The molecule has 0 aromatic rings. The SMILES string of the molecule is C[N+](C)(C)CCC1CCC12CCN1CC[C@]12C(=O)O. The highest BCUT2D eigenvalue weighted by Crippen LogP contribution is 2.66. The van der Waals surface area contributed by atoms with E-state index in [0.29, 0.717) is 5.92 Å². The van der Waals surface area contributed by atoms with Gasteiger partial charge in [-0.3, -0.25) is 9.69 Å². The third-order valence-electron chi connectivity index (χ3n) is 6.16. The Hall–Kier alpha value is -0.610. The second-order valence-corrected chi connectivity index (χ2v) is 7.85. The molecule has 2 heterocycles. The molecule has 4 nitrogen and oxygen atoms in total. The summed E-state index contributed by atoms with van der Waals surface area (Å²) in [6.45, 7) is 3.16. The van der Waals surface area contributed by atoms with E-state index in [1.807, 2.05) is 0 Å². The summed E-state index contributed by atoms with van der Waals surface area (Å²) in [6.07, 6.45) is 5.55. The van der Waals surface area contributed by atoms with E-state index in [9.17, 15) is 9.90 Å². The first kappa shape index (κ1) is 13.4. The van der Waals surface area contributed by atoms with Crippen LogP contribution in [0.3, 0.4) is 0 Å². The van der Waals surface area contributed by atoms with Crippen LogP contribution in [0.4, 0.5) is 0 Å². The molecule has 3 atom stereocenters. The zero-order chi connectivity index (χ0) is 13.9. The summed E-state index contributed by atoms with van der Waals surface area (Å²) in [5.74, 6) is 0.0810. The zero-order valence-electron chi connectivity index (χ0n) is 12.5. The number of hydrogen-bond acceptors (Lipinski definition) is 2. The van der Waals surface area contributed by atoms with Crippen LogP contribution in [-0.2, 0) is 4.79 Å². The molecule has 3 aliphatic rings. The minimum absolute atomic E-state index is 0.103. The van der Waals surface area contributed by atoms with Crippen LogP contribution in [0.25, 0.3) is 0 Å². The summed E-state index contributed by atoms with van der Waals surface area (Å²) in [4.78, 5) is 14.1. The molecule has 108 valence electrons. The fourth-order valence-corrected chi connectivity index (χ4v) is 4.89. The highest BCUT2D eigenvalue weighted by molar-refractivity contribution is 5.82. The molecule has 4 heteroatoms. The van der Waals surface area contributed by atoms with Crippen LogP contribution in [0.2, 0.25) is 0 Å². The summed E-state index contributed by atoms with van der Waals surface area (Å²) in [7, 11) is 6.67. The van der Waals surface area contributed by atoms with Gasteiger partial charge in [0.2, 0.25) is 0 Å². The molecule has 1 saturated carbocycles. The number of rotatable bonds is 4. The van der Waals surface area contributed by atoms with Crippen LogP contribution < -0.4 is 0 Å².